The molecule has 0 spiro atoms. The molecule has 0 aromatic heterocycles. The predicted molar refractivity (Wildman–Crippen MR) is 79.3 cm³/mol. The first-order valence-corrected chi connectivity index (χ1v) is 8.13. The third kappa shape index (κ3) is 5.85. The van der Waals surface area contributed by atoms with Gasteiger partial charge in [-0.2, -0.15) is 0 Å². The van der Waals surface area contributed by atoms with E-state index in [1.165, 1.54) is 44.9 Å². The Morgan fingerprint density at radius 2 is 1.69 bits per heavy atom. The van der Waals surface area contributed by atoms with Crippen molar-refractivity contribution >= 4 is 22.6 Å². The van der Waals surface area contributed by atoms with E-state index in [0.29, 0.717) is 12.2 Å². The van der Waals surface area contributed by atoms with Crippen molar-refractivity contribution in [3.8, 4) is 0 Å². The van der Waals surface area contributed by atoms with Crippen molar-refractivity contribution in [1.29, 1.82) is 0 Å². The molecule has 0 aromatic rings. The second-order valence-electron chi connectivity index (χ2n) is 5.62. The van der Waals surface area contributed by atoms with Gasteiger partial charge in [-0.25, -0.2) is 0 Å². The Morgan fingerprint density at radius 1 is 1.06 bits per heavy atom. The molecule has 3 unspecified atom stereocenters. The van der Waals surface area contributed by atoms with Crippen LogP contribution >= 0.6 is 22.6 Å². The third-order valence-electron chi connectivity index (χ3n) is 3.33. The minimum Gasteiger partial charge on any atom is -0.374 e. The Bertz CT molecular complexity index is 182. The minimum absolute atomic E-state index is 0.432. The van der Waals surface area contributed by atoms with Crippen molar-refractivity contribution < 1.29 is 4.74 Å². The first-order valence-electron chi connectivity index (χ1n) is 6.89. The van der Waals surface area contributed by atoms with Gasteiger partial charge >= 0.3 is 0 Å². The zero-order chi connectivity index (χ0) is 12.0. The zero-order valence-electron chi connectivity index (χ0n) is 11.0. The first-order chi connectivity index (χ1) is 7.59. The fraction of sp³-hybridized carbons (Fsp3) is 1.00. The molecule has 0 saturated heterocycles. The molecule has 0 heterocycles. The van der Waals surface area contributed by atoms with E-state index in [1.807, 2.05) is 0 Å². The normalized spacial score (nSPS) is 29.8. The van der Waals surface area contributed by atoms with Gasteiger partial charge in [0.25, 0.3) is 0 Å². The van der Waals surface area contributed by atoms with E-state index in [4.69, 9.17) is 4.74 Å². The molecule has 0 radical (unpaired) electrons. The summed E-state index contributed by atoms with van der Waals surface area (Å²) in [5.41, 5.74) is 0. The number of hydrogen-bond donors (Lipinski definition) is 0. The summed E-state index contributed by atoms with van der Waals surface area (Å²) in [6, 6.07) is 0. The molecule has 1 rings (SSSR count). The van der Waals surface area contributed by atoms with E-state index in [2.05, 4.69) is 43.4 Å². The molecule has 16 heavy (non-hydrogen) atoms. The molecule has 1 aliphatic rings. The van der Waals surface area contributed by atoms with Crippen molar-refractivity contribution in [2.75, 3.05) is 0 Å². The fourth-order valence-electron chi connectivity index (χ4n) is 2.58. The van der Waals surface area contributed by atoms with Gasteiger partial charge in [-0.3, -0.25) is 0 Å². The van der Waals surface area contributed by atoms with Crippen LogP contribution in [-0.2, 0) is 4.74 Å². The Balaban J connectivity index is 2.36. The van der Waals surface area contributed by atoms with Gasteiger partial charge < -0.3 is 4.74 Å². The highest BCUT2D eigenvalue weighted by atomic mass is 127. The van der Waals surface area contributed by atoms with Gasteiger partial charge in [0.2, 0.25) is 0 Å². The maximum absolute atomic E-state index is 6.24. The molecule has 1 fully saturated rings. The van der Waals surface area contributed by atoms with Crippen LogP contribution < -0.4 is 0 Å². The molecule has 1 nitrogen and oxygen atoms in total. The molecule has 96 valence electrons. The molecule has 0 amide bonds. The highest BCUT2D eigenvalue weighted by molar-refractivity contribution is 14.1. The summed E-state index contributed by atoms with van der Waals surface area (Å²) in [4.78, 5) is 0. The van der Waals surface area contributed by atoms with Crippen molar-refractivity contribution in [3.05, 3.63) is 0 Å². The Hall–Kier alpha value is 0.690. The lowest BCUT2D eigenvalue weighted by atomic mass is 9.98. The van der Waals surface area contributed by atoms with Crippen molar-refractivity contribution in [2.45, 2.75) is 81.8 Å². The smallest absolute Gasteiger partial charge is 0.0696 e. The van der Waals surface area contributed by atoms with Crippen LogP contribution in [0.1, 0.15) is 65.7 Å². The number of rotatable bonds is 4. The average Bonchev–Trinajstić information content (AvgIpc) is 2.16. The highest BCUT2D eigenvalue weighted by Gasteiger charge is 2.23. The number of halogens is 1. The standard InChI is InChI=1S/C14H27IO/c1-11(2)10-12(3)16-14-9-7-5-4-6-8-13(14)15/h11-14H,4-10H2,1-3H3. The molecular formula is C14H27IO. The second kappa shape index (κ2) is 7.91. The van der Waals surface area contributed by atoms with E-state index in [-0.39, 0.29) is 0 Å². The molecule has 1 aliphatic carbocycles. The Kier molecular flexibility index (Phi) is 7.29. The molecule has 0 N–H and O–H groups in total. The summed E-state index contributed by atoms with van der Waals surface area (Å²) in [5, 5.41) is 0. The largest absolute Gasteiger partial charge is 0.374 e. The maximum atomic E-state index is 6.24. The van der Waals surface area contributed by atoms with Crippen LogP contribution in [0.4, 0.5) is 0 Å². The summed E-state index contributed by atoms with van der Waals surface area (Å²) in [6.07, 6.45) is 10.3. The van der Waals surface area contributed by atoms with E-state index in [0.717, 1.165) is 9.84 Å². The fourth-order valence-corrected chi connectivity index (χ4v) is 3.55. The van der Waals surface area contributed by atoms with Crippen LogP contribution in [0.5, 0.6) is 0 Å². The minimum atomic E-state index is 0.432. The molecular weight excluding hydrogens is 311 g/mol. The van der Waals surface area contributed by atoms with Gasteiger partial charge in [0.1, 0.15) is 0 Å². The SMILES string of the molecule is CC(C)CC(C)OC1CCCCCCC1I. The lowest BCUT2D eigenvalue weighted by Gasteiger charge is -2.29. The van der Waals surface area contributed by atoms with E-state index >= 15 is 0 Å². The summed E-state index contributed by atoms with van der Waals surface area (Å²) in [6.45, 7) is 6.79. The molecule has 3 atom stereocenters. The molecule has 0 aromatic carbocycles. The van der Waals surface area contributed by atoms with Crippen LogP contribution in [0.25, 0.3) is 0 Å². The molecule has 2 heteroatoms. The van der Waals surface area contributed by atoms with Gasteiger partial charge in [0.15, 0.2) is 0 Å². The monoisotopic (exact) mass is 338 g/mol. The Labute approximate surface area is 115 Å². The molecule has 0 bridgehead atoms. The quantitative estimate of drug-likeness (QED) is 0.520. The van der Waals surface area contributed by atoms with Crippen molar-refractivity contribution in [1.82, 2.24) is 0 Å². The summed E-state index contributed by atoms with van der Waals surface area (Å²) in [5.74, 6) is 0.746. The average molecular weight is 338 g/mol. The summed E-state index contributed by atoms with van der Waals surface area (Å²) >= 11 is 2.60. The van der Waals surface area contributed by atoms with Gasteiger partial charge in [-0.15, -0.1) is 0 Å². The van der Waals surface area contributed by atoms with Gasteiger partial charge in [0.05, 0.1) is 12.2 Å². The topological polar surface area (TPSA) is 9.23 Å². The number of hydrogen-bond acceptors (Lipinski definition) is 1. The van der Waals surface area contributed by atoms with Gasteiger partial charge in [0, 0.05) is 3.92 Å². The van der Waals surface area contributed by atoms with Gasteiger partial charge in [-0.1, -0.05) is 62.1 Å². The van der Waals surface area contributed by atoms with E-state index in [9.17, 15) is 0 Å². The predicted octanol–water partition coefficient (Wildman–Crippen LogP) is 4.96. The first kappa shape index (κ1) is 14.7. The van der Waals surface area contributed by atoms with Crippen molar-refractivity contribution in [2.24, 2.45) is 5.92 Å². The number of alkyl halides is 1. The van der Waals surface area contributed by atoms with Gasteiger partial charge in [-0.05, 0) is 32.1 Å². The van der Waals surface area contributed by atoms with E-state index < -0.39 is 0 Å². The summed E-state index contributed by atoms with van der Waals surface area (Å²) < 4.78 is 6.97. The highest BCUT2D eigenvalue weighted by Crippen LogP contribution is 2.27. The van der Waals surface area contributed by atoms with Crippen LogP contribution in [0.3, 0.4) is 0 Å². The van der Waals surface area contributed by atoms with Crippen molar-refractivity contribution in [3.63, 3.8) is 0 Å². The lowest BCUT2D eigenvalue weighted by Crippen LogP contribution is -2.30. The number of ether oxygens (including phenoxy) is 1. The second-order valence-corrected chi connectivity index (χ2v) is 7.22. The van der Waals surface area contributed by atoms with Crippen LogP contribution in [0.2, 0.25) is 0 Å². The van der Waals surface area contributed by atoms with Crippen LogP contribution in [0.15, 0.2) is 0 Å². The Morgan fingerprint density at radius 3 is 2.31 bits per heavy atom. The lowest BCUT2D eigenvalue weighted by molar-refractivity contribution is -0.0181. The molecule has 0 aliphatic heterocycles. The maximum Gasteiger partial charge on any atom is 0.0696 e. The summed E-state index contributed by atoms with van der Waals surface area (Å²) in [7, 11) is 0. The molecule has 1 saturated carbocycles. The van der Waals surface area contributed by atoms with Crippen LogP contribution in [-0.4, -0.2) is 16.1 Å². The van der Waals surface area contributed by atoms with Crippen LogP contribution in [0, 0.1) is 5.92 Å². The van der Waals surface area contributed by atoms with E-state index in [1.54, 1.807) is 0 Å². The third-order valence-corrected chi connectivity index (χ3v) is 4.76. The zero-order valence-corrected chi connectivity index (χ0v) is 13.2.